The van der Waals surface area contributed by atoms with Crippen LogP contribution in [0.5, 0.6) is 0 Å². The fourth-order valence-electron chi connectivity index (χ4n) is 2.09. The third-order valence-corrected chi connectivity index (χ3v) is 3.50. The highest BCUT2D eigenvalue weighted by molar-refractivity contribution is 5.02. The number of aromatic nitrogens is 2. The van der Waals surface area contributed by atoms with Crippen LogP contribution in [0.1, 0.15) is 45.9 Å². The lowest BCUT2D eigenvalue weighted by Crippen LogP contribution is -2.43. The molecule has 0 radical (unpaired) electrons. The lowest BCUT2D eigenvalue weighted by molar-refractivity contribution is -0.152. The normalized spacial score (nSPS) is 14.7. The third-order valence-electron chi connectivity index (χ3n) is 3.50. The number of likely N-dealkylation sites (N-methyl/N-ethyl adjacent to an activating group) is 1. The van der Waals surface area contributed by atoms with Gasteiger partial charge in [0.2, 0.25) is 0 Å². The van der Waals surface area contributed by atoms with Gasteiger partial charge in [-0.1, -0.05) is 6.92 Å². The van der Waals surface area contributed by atoms with Gasteiger partial charge in [-0.05, 0) is 40.3 Å². The Balaban J connectivity index is 2.68. The van der Waals surface area contributed by atoms with Crippen LogP contribution in [0.25, 0.3) is 0 Å². The summed E-state index contributed by atoms with van der Waals surface area (Å²) in [6.45, 7) is 9.60. The van der Waals surface area contributed by atoms with Crippen molar-refractivity contribution in [2.45, 2.75) is 58.9 Å². The molecule has 2 unspecified atom stereocenters. The Bertz CT molecular complexity index is 362. The molecule has 0 aromatic carbocycles. The van der Waals surface area contributed by atoms with Crippen molar-refractivity contribution in [3.05, 3.63) is 18.0 Å². The topological polar surface area (TPSA) is 48.3 Å². The zero-order valence-corrected chi connectivity index (χ0v) is 13.4. The summed E-state index contributed by atoms with van der Waals surface area (Å²) in [5.74, 6) is 0. The van der Waals surface area contributed by atoms with E-state index in [9.17, 15) is 0 Å². The van der Waals surface area contributed by atoms with Crippen molar-refractivity contribution < 1.29 is 9.47 Å². The average Bonchev–Trinajstić information content (AvgIpc) is 2.92. The van der Waals surface area contributed by atoms with Crippen LogP contribution >= 0.6 is 0 Å². The van der Waals surface area contributed by atoms with E-state index in [4.69, 9.17) is 9.47 Å². The zero-order valence-electron chi connectivity index (χ0n) is 13.4. The molecule has 0 aliphatic carbocycles. The highest BCUT2D eigenvalue weighted by Crippen LogP contribution is 2.12. The van der Waals surface area contributed by atoms with Crippen molar-refractivity contribution in [3.8, 4) is 0 Å². The van der Waals surface area contributed by atoms with Crippen molar-refractivity contribution >= 4 is 0 Å². The highest BCUT2D eigenvalue weighted by Gasteiger charge is 2.22. The molecule has 0 saturated carbocycles. The fourth-order valence-corrected chi connectivity index (χ4v) is 2.09. The standard InChI is InChI=1S/C15H29N3O2/c1-6-12(4)18-10-9-13(17-18)11-14(16-5)15(19-7-2)20-8-3/h9-10,12,14-16H,6-8,11H2,1-5H3. The van der Waals surface area contributed by atoms with Gasteiger partial charge in [0, 0.05) is 31.9 Å². The van der Waals surface area contributed by atoms with Crippen LogP contribution in [-0.4, -0.2) is 42.4 Å². The van der Waals surface area contributed by atoms with Crippen LogP contribution in [0.2, 0.25) is 0 Å². The summed E-state index contributed by atoms with van der Waals surface area (Å²) >= 11 is 0. The second-order valence-corrected chi connectivity index (χ2v) is 4.92. The van der Waals surface area contributed by atoms with Crippen molar-refractivity contribution in [3.63, 3.8) is 0 Å². The first-order valence-electron chi connectivity index (χ1n) is 7.60. The molecule has 0 saturated heterocycles. The Kier molecular flexibility index (Phi) is 7.80. The van der Waals surface area contributed by atoms with Gasteiger partial charge in [0.05, 0.1) is 11.7 Å². The monoisotopic (exact) mass is 283 g/mol. The average molecular weight is 283 g/mol. The molecule has 20 heavy (non-hydrogen) atoms. The molecule has 0 fully saturated rings. The first kappa shape index (κ1) is 17.1. The van der Waals surface area contributed by atoms with Crippen LogP contribution in [-0.2, 0) is 15.9 Å². The second kappa shape index (κ2) is 9.10. The van der Waals surface area contributed by atoms with Gasteiger partial charge in [-0.3, -0.25) is 4.68 Å². The van der Waals surface area contributed by atoms with Crippen LogP contribution in [0, 0.1) is 0 Å². The van der Waals surface area contributed by atoms with Crippen molar-refractivity contribution in [1.29, 1.82) is 0 Å². The lowest BCUT2D eigenvalue weighted by atomic mass is 10.1. The van der Waals surface area contributed by atoms with Gasteiger partial charge >= 0.3 is 0 Å². The molecule has 1 N–H and O–H groups in total. The van der Waals surface area contributed by atoms with Gasteiger partial charge in [0.1, 0.15) is 0 Å². The van der Waals surface area contributed by atoms with E-state index in [2.05, 4.69) is 30.3 Å². The molecule has 5 nitrogen and oxygen atoms in total. The molecular formula is C15H29N3O2. The SMILES string of the molecule is CCOC(OCC)C(Cc1ccn(C(C)CC)n1)NC. The zero-order chi connectivity index (χ0) is 15.0. The fraction of sp³-hybridized carbons (Fsp3) is 0.800. The Labute approximate surface area is 122 Å². The van der Waals surface area contributed by atoms with Gasteiger partial charge in [0.15, 0.2) is 6.29 Å². The van der Waals surface area contributed by atoms with E-state index in [-0.39, 0.29) is 12.3 Å². The van der Waals surface area contributed by atoms with E-state index in [1.807, 2.05) is 31.8 Å². The predicted molar refractivity (Wildman–Crippen MR) is 80.8 cm³/mol. The molecule has 1 aromatic rings. The molecule has 5 heteroatoms. The largest absolute Gasteiger partial charge is 0.351 e. The summed E-state index contributed by atoms with van der Waals surface area (Å²) in [4.78, 5) is 0. The van der Waals surface area contributed by atoms with Crippen LogP contribution in [0.3, 0.4) is 0 Å². The van der Waals surface area contributed by atoms with Crippen LogP contribution < -0.4 is 5.32 Å². The molecule has 1 aromatic heterocycles. The smallest absolute Gasteiger partial charge is 0.173 e. The van der Waals surface area contributed by atoms with Crippen molar-refractivity contribution in [2.75, 3.05) is 20.3 Å². The first-order chi connectivity index (χ1) is 9.65. The maximum Gasteiger partial charge on any atom is 0.173 e. The number of rotatable bonds is 10. The van der Waals surface area contributed by atoms with Gasteiger partial charge in [-0.15, -0.1) is 0 Å². The molecule has 1 heterocycles. The second-order valence-electron chi connectivity index (χ2n) is 4.92. The molecule has 0 spiro atoms. The van der Waals surface area contributed by atoms with Gasteiger partial charge in [-0.2, -0.15) is 5.10 Å². The summed E-state index contributed by atoms with van der Waals surface area (Å²) in [6.07, 6.45) is 3.69. The minimum Gasteiger partial charge on any atom is -0.351 e. The Morgan fingerprint density at radius 2 is 1.90 bits per heavy atom. The minimum absolute atomic E-state index is 0.107. The summed E-state index contributed by atoms with van der Waals surface area (Å²) in [5, 5.41) is 7.91. The number of hydrogen-bond donors (Lipinski definition) is 1. The molecule has 0 amide bonds. The molecule has 116 valence electrons. The first-order valence-corrected chi connectivity index (χ1v) is 7.60. The van der Waals surface area contributed by atoms with E-state index in [1.54, 1.807) is 0 Å². The van der Waals surface area contributed by atoms with Crippen molar-refractivity contribution in [1.82, 2.24) is 15.1 Å². The number of hydrogen-bond acceptors (Lipinski definition) is 4. The molecule has 0 bridgehead atoms. The van der Waals surface area contributed by atoms with Crippen molar-refractivity contribution in [2.24, 2.45) is 0 Å². The quantitative estimate of drug-likeness (QED) is 0.670. The molecule has 0 aliphatic rings. The van der Waals surface area contributed by atoms with E-state index >= 15 is 0 Å². The molecule has 0 aliphatic heterocycles. The maximum absolute atomic E-state index is 5.66. The number of nitrogens with zero attached hydrogens (tertiary/aromatic N) is 2. The number of nitrogens with one attached hydrogen (secondary N) is 1. The Hall–Kier alpha value is -0.910. The maximum atomic E-state index is 5.66. The Morgan fingerprint density at radius 1 is 1.25 bits per heavy atom. The van der Waals surface area contributed by atoms with Crippen LogP contribution in [0.15, 0.2) is 12.3 Å². The van der Waals surface area contributed by atoms with E-state index in [0.29, 0.717) is 19.3 Å². The minimum atomic E-state index is -0.233. The van der Waals surface area contributed by atoms with E-state index in [0.717, 1.165) is 18.5 Å². The molecule has 2 atom stereocenters. The van der Waals surface area contributed by atoms with Crippen LogP contribution in [0.4, 0.5) is 0 Å². The summed E-state index contributed by atoms with van der Waals surface area (Å²) in [7, 11) is 1.93. The third kappa shape index (κ3) is 4.89. The summed E-state index contributed by atoms with van der Waals surface area (Å²) in [5.41, 5.74) is 1.06. The van der Waals surface area contributed by atoms with E-state index in [1.165, 1.54) is 0 Å². The van der Waals surface area contributed by atoms with Gasteiger partial charge < -0.3 is 14.8 Å². The summed E-state index contributed by atoms with van der Waals surface area (Å²) in [6, 6.07) is 2.62. The highest BCUT2D eigenvalue weighted by atomic mass is 16.7. The Morgan fingerprint density at radius 3 is 2.40 bits per heavy atom. The lowest BCUT2D eigenvalue weighted by Gasteiger charge is -2.25. The van der Waals surface area contributed by atoms with Gasteiger partial charge in [0.25, 0.3) is 0 Å². The molecular weight excluding hydrogens is 254 g/mol. The van der Waals surface area contributed by atoms with E-state index < -0.39 is 0 Å². The predicted octanol–water partition coefficient (Wildman–Crippen LogP) is 2.38. The summed E-state index contributed by atoms with van der Waals surface area (Å²) < 4.78 is 13.4. The van der Waals surface area contributed by atoms with Gasteiger partial charge in [-0.25, -0.2) is 0 Å². The number of ether oxygens (including phenoxy) is 2. The molecule has 1 rings (SSSR count).